The number of nitrogens with one attached hydrogen (secondary N) is 1. The Bertz CT molecular complexity index is 1060. The Morgan fingerprint density at radius 3 is 2.69 bits per heavy atom. The molecule has 0 radical (unpaired) electrons. The second-order valence-electron chi connectivity index (χ2n) is 6.16. The van der Waals surface area contributed by atoms with E-state index in [9.17, 15) is 14.0 Å². The zero-order valence-corrected chi connectivity index (χ0v) is 16.0. The molecule has 6 nitrogen and oxygen atoms in total. The number of thiophene rings is 1. The number of benzene rings is 2. The molecule has 1 amide bonds. The van der Waals surface area contributed by atoms with E-state index in [0.29, 0.717) is 35.3 Å². The van der Waals surface area contributed by atoms with Crippen molar-refractivity contribution in [2.45, 2.75) is 0 Å². The summed E-state index contributed by atoms with van der Waals surface area (Å²) >= 11 is 1.25. The monoisotopic (exact) mass is 413 g/mol. The Morgan fingerprint density at radius 2 is 1.86 bits per heavy atom. The standard InChI is InChI=1S/C21H16FNO5S/c22-14-2-1-3-15(11-14)23-20(24)12-28-21(25)19-7-6-18(29-19)13-4-5-16-17(10-13)27-9-8-26-16/h1-7,10-11H,8-9,12H2,(H,23,24). The molecule has 0 bridgehead atoms. The molecule has 0 atom stereocenters. The lowest BCUT2D eigenvalue weighted by atomic mass is 10.1. The average molecular weight is 413 g/mol. The smallest absolute Gasteiger partial charge is 0.348 e. The van der Waals surface area contributed by atoms with Gasteiger partial charge in [-0.3, -0.25) is 4.79 Å². The van der Waals surface area contributed by atoms with Crippen LogP contribution in [-0.4, -0.2) is 31.7 Å². The second kappa shape index (κ2) is 8.32. The van der Waals surface area contributed by atoms with Gasteiger partial charge in [-0.1, -0.05) is 6.07 Å². The van der Waals surface area contributed by atoms with Crippen LogP contribution in [0.3, 0.4) is 0 Å². The highest BCUT2D eigenvalue weighted by Crippen LogP contribution is 2.37. The van der Waals surface area contributed by atoms with E-state index in [1.54, 1.807) is 18.2 Å². The van der Waals surface area contributed by atoms with Gasteiger partial charge in [0.1, 0.15) is 23.9 Å². The van der Waals surface area contributed by atoms with Crippen LogP contribution in [0, 0.1) is 5.82 Å². The second-order valence-corrected chi connectivity index (χ2v) is 7.24. The summed E-state index contributed by atoms with van der Waals surface area (Å²) in [7, 11) is 0. The first kappa shape index (κ1) is 18.9. The molecule has 8 heteroatoms. The first-order valence-electron chi connectivity index (χ1n) is 8.81. The van der Waals surface area contributed by atoms with Gasteiger partial charge in [-0.15, -0.1) is 11.3 Å². The number of amides is 1. The molecule has 0 spiro atoms. The van der Waals surface area contributed by atoms with Crippen LogP contribution in [0.4, 0.5) is 10.1 Å². The summed E-state index contributed by atoms with van der Waals surface area (Å²) < 4.78 is 29.3. The SMILES string of the molecule is O=C(COC(=O)c1ccc(-c2ccc3c(c2)OCCO3)s1)Nc1cccc(F)c1. The molecule has 2 aromatic carbocycles. The summed E-state index contributed by atoms with van der Waals surface area (Å²) in [6, 6.07) is 14.5. The van der Waals surface area contributed by atoms with E-state index in [4.69, 9.17) is 14.2 Å². The predicted molar refractivity (Wildman–Crippen MR) is 106 cm³/mol. The molecule has 29 heavy (non-hydrogen) atoms. The minimum Gasteiger partial charge on any atom is -0.486 e. The normalized spacial score (nSPS) is 12.3. The first-order valence-corrected chi connectivity index (χ1v) is 9.62. The van der Waals surface area contributed by atoms with Crippen LogP contribution in [0.2, 0.25) is 0 Å². The summed E-state index contributed by atoms with van der Waals surface area (Å²) in [5.74, 6) is -0.258. The van der Waals surface area contributed by atoms with Crippen LogP contribution >= 0.6 is 11.3 Å². The lowest BCUT2D eigenvalue weighted by molar-refractivity contribution is -0.119. The number of hydrogen-bond donors (Lipinski definition) is 1. The molecule has 1 aliphatic rings. The zero-order valence-electron chi connectivity index (χ0n) is 15.1. The van der Waals surface area contributed by atoms with Gasteiger partial charge < -0.3 is 19.5 Å². The van der Waals surface area contributed by atoms with Crippen molar-refractivity contribution in [3.63, 3.8) is 0 Å². The summed E-state index contributed by atoms with van der Waals surface area (Å²) in [5.41, 5.74) is 1.19. The van der Waals surface area contributed by atoms with Gasteiger partial charge in [0.05, 0.1) is 0 Å². The summed E-state index contributed by atoms with van der Waals surface area (Å²) in [6.07, 6.45) is 0. The van der Waals surface area contributed by atoms with Crippen molar-refractivity contribution in [3.8, 4) is 21.9 Å². The van der Waals surface area contributed by atoms with Gasteiger partial charge >= 0.3 is 5.97 Å². The molecule has 1 N–H and O–H groups in total. The van der Waals surface area contributed by atoms with E-state index in [-0.39, 0.29) is 0 Å². The number of rotatable bonds is 5. The van der Waals surface area contributed by atoms with Gasteiger partial charge in [-0.25, -0.2) is 9.18 Å². The lowest BCUT2D eigenvalue weighted by Crippen LogP contribution is -2.20. The van der Waals surface area contributed by atoms with Crippen molar-refractivity contribution in [1.29, 1.82) is 0 Å². The van der Waals surface area contributed by atoms with Crippen molar-refractivity contribution >= 4 is 28.9 Å². The number of anilines is 1. The van der Waals surface area contributed by atoms with Crippen LogP contribution in [0.15, 0.2) is 54.6 Å². The molecule has 1 aromatic heterocycles. The molecular weight excluding hydrogens is 397 g/mol. The van der Waals surface area contributed by atoms with Gasteiger partial charge in [0.2, 0.25) is 0 Å². The van der Waals surface area contributed by atoms with E-state index >= 15 is 0 Å². The summed E-state index contributed by atoms with van der Waals surface area (Å²) in [6.45, 7) is 0.552. The number of carbonyl (C=O) groups excluding carboxylic acids is 2. The quantitative estimate of drug-likeness (QED) is 0.637. The molecule has 4 rings (SSSR count). The number of fused-ring (bicyclic) bond motifs is 1. The average Bonchev–Trinajstić information content (AvgIpc) is 3.22. The van der Waals surface area contributed by atoms with Crippen LogP contribution in [-0.2, 0) is 9.53 Å². The Balaban J connectivity index is 1.36. The van der Waals surface area contributed by atoms with Crippen molar-refractivity contribution in [2.75, 3.05) is 25.1 Å². The first-order chi connectivity index (χ1) is 14.1. The molecular formula is C21H16FNO5S. The maximum Gasteiger partial charge on any atom is 0.348 e. The van der Waals surface area contributed by atoms with Gasteiger partial charge in [0.15, 0.2) is 18.1 Å². The number of halogens is 1. The van der Waals surface area contributed by atoms with Gasteiger partial charge in [0.25, 0.3) is 5.91 Å². The fourth-order valence-electron chi connectivity index (χ4n) is 2.76. The van der Waals surface area contributed by atoms with Crippen LogP contribution in [0.1, 0.15) is 9.67 Å². The van der Waals surface area contributed by atoms with E-state index in [2.05, 4.69) is 5.32 Å². The topological polar surface area (TPSA) is 73.9 Å². The van der Waals surface area contributed by atoms with Crippen LogP contribution in [0.25, 0.3) is 10.4 Å². The Labute approximate surface area is 169 Å². The third kappa shape index (κ3) is 4.55. The highest BCUT2D eigenvalue weighted by Gasteiger charge is 2.16. The largest absolute Gasteiger partial charge is 0.486 e. The Morgan fingerprint density at radius 1 is 1.03 bits per heavy atom. The maximum absolute atomic E-state index is 13.1. The fourth-order valence-corrected chi connectivity index (χ4v) is 3.66. The molecule has 0 unspecified atom stereocenters. The van der Waals surface area contributed by atoms with Gasteiger partial charge in [0, 0.05) is 10.6 Å². The Hall–Kier alpha value is -3.39. The number of ether oxygens (including phenoxy) is 3. The number of esters is 1. The minimum atomic E-state index is -0.604. The molecule has 2 heterocycles. The highest BCUT2D eigenvalue weighted by atomic mass is 32.1. The fraction of sp³-hybridized carbons (Fsp3) is 0.143. The van der Waals surface area contributed by atoms with Crippen molar-refractivity contribution in [3.05, 3.63) is 65.3 Å². The third-order valence-electron chi connectivity index (χ3n) is 4.08. The number of carbonyl (C=O) groups is 2. The van der Waals surface area contributed by atoms with E-state index < -0.39 is 24.3 Å². The zero-order chi connectivity index (χ0) is 20.2. The van der Waals surface area contributed by atoms with E-state index in [1.807, 2.05) is 18.2 Å². The molecule has 0 saturated carbocycles. The molecule has 0 aliphatic carbocycles. The lowest BCUT2D eigenvalue weighted by Gasteiger charge is -2.18. The molecule has 0 fully saturated rings. The maximum atomic E-state index is 13.1. The Kier molecular flexibility index (Phi) is 5.44. The molecule has 1 aliphatic heterocycles. The van der Waals surface area contributed by atoms with Crippen molar-refractivity contribution in [1.82, 2.24) is 0 Å². The summed E-state index contributed by atoms with van der Waals surface area (Å²) in [5, 5.41) is 2.47. The van der Waals surface area contributed by atoms with Gasteiger partial charge in [-0.05, 0) is 54.1 Å². The summed E-state index contributed by atoms with van der Waals surface area (Å²) in [4.78, 5) is 25.4. The number of hydrogen-bond acceptors (Lipinski definition) is 6. The highest BCUT2D eigenvalue weighted by molar-refractivity contribution is 7.17. The van der Waals surface area contributed by atoms with Crippen LogP contribution < -0.4 is 14.8 Å². The van der Waals surface area contributed by atoms with Crippen molar-refractivity contribution in [2.24, 2.45) is 0 Å². The molecule has 3 aromatic rings. The predicted octanol–water partition coefficient (Wildman–Crippen LogP) is 4.12. The van der Waals surface area contributed by atoms with E-state index in [1.165, 1.54) is 29.5 Å². The molecule has 148 valence electrons. The molecule has 0 saturated heterocycles. The van der Waals surface area contributed by atoms with Crippen molar-refractivity contribution < 1.29 is 28.2 Å². The van der Waals surface area contributed by atoms with Gasteiger partial charge in [-0.2, -0.15) is 0 Å². The third-order valence-corrected chi connectivity index (χ3v) is 5.19. The minimum absolute atomic E-state index is 0.295. The van der Waals surface area contributed by atoms with E-state index in [0.717, 1.165) is 10.4 Å². The van der Waals surface area contributed by atoms with Crippen LogP contribution in [0.5, 0.6) is 11.5 Å².